The minimum atomic E-state index is -0.385. The van der Waals surface area contributed by atoms with Crippen LogP contribution in [0, 0.1) is 30.0 Å². The lowest BCUT2D eigenvalue weighted by atomic mass is 9.80. The van der Waals surface area contributed by atoms with Crippen molar-refractivity contribution >= 4 is 5.52 Å². The molecule has 11 heteroatoms. The van der Waals surface area contributed by atoms with Crippen molar-refractivity contribution in [3.63, 3.8) is 0 Å². The second-order valence-electron chi connectivity index (χ2n) is 11.1. The van der Waals surface area contributed by atoms with Gasteiger partial charge in [0.1, 0.15) is 40.5 Å². The van der Waals surface area contributed by atoms with E-state index in [4.69, 9.17) is 9.47 Å². The van der Waals surface area contributed by atoms with E-state index in [0.29, 0.717) is 34.6 Å². The van der Waals surface area contributed by atoms with E-state index in [1.54, 1.807) is 16.8 Å². The molecule has 0 bridgehead atoms. The third kappa shape index (κ3) is 4.41. The van der Waals surface area contributed by atoms with E-state index in [9.17, 15) is 9.65 Å². The topological polar surface area (TPSA) is 106 Å². The molecular formula is C29H31FN8O2. The van der Waals surface area contributed by atoms with Crippen LogP contribution in [0.2, 0.25) is 0 Å². The lowest BCUT2D eigenvalue weighted by molar-refractivity contribution is -0.0735. The van der Waals surface area contributed by atoms with Crippen LogP contribution in [0.5, 0.6) is 5.75 Å². The lowest BCUT2D eigenvalue weighted by Crippen LogP contribution is -2.52. The van der Waals surface area contributed by atoms with Crippen molar-refractivity contribution < 1.29 is 13.9 Å². The molecule has 1 saturated carbocycles. The molecule has 0 aromatic carbocycles. The zero-order valence-electron chi connectivity index (χ0n) is 22.4. The molecule has 2 saturated heterocycles. The average molecular weight is 543 g/mol. The first-order valence-electron chi connectivity index (χ1n) is 14.0. The molecule has 1 aliphatic carbocycles. The number of ether oxygens (including phenoxy) is 2. The van der Waals surface area contributed by atoms with Crippen molar-refractivity contribution in [2.75, 3.05) is 26.3 Å². The second kappa shape index (κ2) is 10.3. The van der Waals surface area contributed by atoms with Gasteiger partial charge in [-0.05, 0) is 50.8 Å². The Bertz CT molecular complexity index is 1560. The standard InChI is InChI=1S/C29H31FN8O2/c1-18-27(34-35-38(18)23-7-9-36(10-8-23)24-16-39-17-24)20-11-26(28-21(12-31)13-33-37(28)15-20)40-29(19-3-2-4-19)25-6-5-22(30)14-32-25/h5-6,11,13-15,19,23-24,29H,2-4,7-10,16-17H2,1H3. The number of likely N-dealkylation sites (tertiary alicyclic amines) is 1. The third-order valence-corrected chi connectivity index (χ3v) is 8.75. The average Bonchev–Trinajstić information content (AvgIpc) is 3.50. The van der Waals surface area contributed by atoms with Gasteiger partial charge in [0.2, 0.25) is 0 Å². The maximum atomic E-state index is 13.7. The number of hydrogen-bond donors (Lipinski definition) is 0. The Labute approximate surface area is 231 Å². The highest BCUT2D eigenvalue weighted by Crippen LogP contribution is 2.42. The van der Waals surface area contributed by atoms with Crippen LogP contribution in [0.15, 0.2) is 36.8 Å². The molecule has 6 heterocycles. The predicted octanol–water partition coefficient (Wildman–Crippen LogP) is 4.26. The van der Waals surface area contributed by atoms with Crippen molar-refractivity contribution in [1.82, 2.24) is 34.5 Å². The van der Waals surface area contributed by atoms with Crippen LogP contribution >= 0.6 is 0 Å². The number of hydrogen-bond acceptors (Lipinski definition) is 8. The van der Waals surface area contributed by atoms with Gasteiger partial charge in [0.05, 0.1) is 49.1 Å². The molecule has 2 aliphatic heterocycles. The smallest absolute Gasteiger partial charge is 0.148 e. The Morgan fingerprint density at radius 2 is 1.95 bits per heavy atom. The summed E-state index contributed by atoms with van der Waals surface area (Å²) >= 11 is 0. The summed E-state index contributed by atoms with van der Waals surface area (Å²) in [6, 6.07) is 8.10. The summed E-state index contributed by atoms with van der Waals surface area (Å²) < 4.78 is 29.4. The fourth-order valence-corrected chi connectivity index (χ4v) is 6.10. The summed E-state index contributed by atoms with van der Waals surface area (Å²) in [7, 11) is 0. The van der Waals surface area contributed by atoms with Gasteiger partial charge in [-0.15, -0.1) is 5.10 Å². The monoisotopic (exact) mass is 542 g/mol. The number of aromatic nitrogens is 6. The molecule has 1 atom stereocenters. The molecule has 206 valence electrons. The van der Waals surface area contributed by atoms with Crippen molar-refractivity contribution in [3.8, 4) is 23.1 Å². The number of piperidine rings is 1. The van der Waals surface area contributed by atoms with E-state index in [1.165, 1.54) is 12.3 Å². The van der Waals surface area contributed by atoms with Gasteiger partial charge in [-0.2, -0.15) is 10.4 Å². The Balaban J connectivity index is 1.22. The van der Waals surface area contributed by atoms with Gasteiger partial charge >= 0.3 is 0 Å². The summed E-state index contributed by atoms with van der Waals surface area (Å²) in [5.74, 6) is 0.402. The van der Waals surface area contributed by atoms with Crippen LogP contribution < -0.4 is 4.74 Å². The van der Waals surface area contributed by atoms with Gasteiger partial charge in [0, 0.05) is 30.8 Å². The molecule has 0 spiro atoms. The molecule has 3 aliphatic rings. The molecule has 0 amide bonds. The minimum Gasteiger partial charge on any atom is -0.481 e. The van der Waals surface area contributed by atoms with E-state index < -0.39 is 0 Å². The summed E-state index contributed by atoms with van der Waals surface area (Å²) in [4.78, 5) is 6.86. The molecule has 0 N–H and O–H groups in total. The fourth-order valence-electron chi connectivity index (χ4n) is 6.10. The summed E-state index contributed by atoms with van der Waals surface area (Å²) in [5, 5.41) is 23.4. The molecule has 10 nitrogen and oxygen atoms in total. The number of nitriles is 1. The highest BCUT2D eigenvalue weighted by Gasteiger charge is 2.33. The van der Waals surface area contributed by atoms with E-state index in [0.717, 1.165) is 75.4 Å². The minimum absolute atomic E-state index is 0.259. The first kappa shape index (κ1) is 25.1. The predicted molar refractivity (Wildman–Crippen MR) is 143 cm³/mol. The normalized spacial score (nSPS) is 19.7. The van der Waals surface area contributed by atoms with Crippen LogP contribution in [-0.4, -0.2) is 66.8 Å². The Morgan fingerprint density at radius 1 is 1.12 bits per heavy atom. The molecule has 3 fully saturated rings. The quantitative estimate of drug-likeness (QED) is 0.341. The largest absolute Gasteiger partial charge is 0.481 e. The third-order valence-electron chi connectivity index (χ3n) is 8.75. The van der Waals surface area contributed by atoms with E-state index in [2.05, 4.69) is 43.0 Å². The first-order valence-corrected chi connectivity index (χ1v) is 14.0. The highest BCUT2D eigenvalue weighted by atomic mass is 19.1. The highest BCUT2D eigenvalue weighted by molar-refractivity contribution is 5.74. The van der Waals surface area contributed by atoms with Crippen LogP contribution in [0.4, 0.5) is 4.39 Å². The van der Waals surface area contributed by atoms with Gasteiger partial charge in [-0.25, -0.2) is 13.6 Å². The molecule has 4 aromatic rings. The second-order valence-corrected chi connectivity index (χ2v) is 11.1. The zero-order chi connectivity index (χ0) is 27.2. The van der Waals surface area contributed by atoms with Gasteiger partial charge in [-0.1, -0.05) is 11.6 Å². The molecular weight excluding hydrogens is 511 g/mol. The number of fused-ring (bicyclic) bond motifs is 1. The summed E-state index contributed by atoms with van der Waals surface area (Å²) in [5.41, 5.74) is 4.24. The van der Waals surface area contributed by atoms with Gasteiger partial charge in [0.15, 0.2) is 0 Å². The van der Waals surface area contributed by atoms with Crippen LogP contribution in [0.1, 0.15) is 61.2 Å². The van der Waals surface area contributed by atoms with Gasteiger partial charge in [-0.3, -0.25) is 9.88 Å². The van der Waals surface area contributed by atoms with E-state index >= 15 is 0 Å². The van der Waals surface area contributed by atoms with E-state index in [1.807, 2.05) is 12.3 Å². The maximum Gasteiger partial charge on any atom is 0.148 e. The van der Waals surface area contributed by atoms with Crippen molar-refractivity contribution in [2.24, 2.45) is 5.92 Å². The number of nitrogens with zero attached hydrogens (tertiary/aromatic N) is 8. The first-order chi connectivity index (χ1) is 19.6. The zero-order valence-corrected chi connectivity index (χ0v) is 22.4. The van der Waals surface area contributed by atoms with Crippen molar-refractivity contribution in [1.29, 1.82) is 5.26 Å². The molecule has 4 aromatic heterocycles. The van der Waals surface area contributed by atoms with Gasteiger partial charge < -0.3 is 9.47 Å². The SMILES string of the molecule is Cc1c(-c2cc(OC(c3ccc(F)cn3)C3CCC3)c3c(C#N)cnn3c2)nnn1C1CCN(C2COC2)CC1. The Kier molecular flexibility index (Phi) is 6.44. The maximum absolute atomic E-state index is 13.7. The number of halogens is 1. The lowest BCUT2D eigenvalue weighted by Gasteiger charge is -2.41. The van der Waals surface area contributed by atoms with E-state index in [-0.39, 0.29) is 17.8 Å². The fraction of sp³-hybridized carbons (Fsp3) is 0.483. The molecule has 7 rings (SSSR count). The molecule has 40 heavy (non-hydrogen) atoms. The van der Waals surface area contributed by atoms with Crippen molar-refractivity contribution in [3.05, 3.63) is 59.6 Å². The van der Waals surface area contributed by atoms with Crippen LogP contribution in [-0.2, 0) is 4.74 Å². The van der Waals surface area contributed by atoms with Crippen LogP contribution in [0.25, 0.3) is 16.8 Å². The van der Waals surface area contributed by atoms with Crippen LogP contribution in [0.3, 0.4) is 0 Å². The summed E-state index contributed by atoms with van der Waals surface area (Å²) in [6.45, 7) is 5.78. The Hall–Kier alpha value is -3.88. The van der Waals surface area contributed by atoms with Crippen molar-refractivity contribution in [2.45, 2.75) is 57.2 Å². The molecule has 1 unspecified atom stereocenters. The molecule has 0 radical (unpaired) electrons. The number of pyridine rings is 2. The summed E-state index contributed by atoms with van der Waals surface area (Å²) in [6.07, 6.45) is 9.45. The number of rotatable bonds is 7. The Morgan fingerprint density at radius 3 is 2.60 bits per heavy atom. The van der Waals surface area contributed by atoms with Gasteiger partial charge in [0.25, 0.3) is 0 Å².